The Balaban J connectivity index is 4.54. The van der Waals surface area contributed by atoms with Crippen LogP contribution in [0, 0.1) is 35.5 Å². The molecule has 26 heteroatoms. The van der Waals surface area contributed by atoms with Crippen molar-refractivity contribution < 1.29 is 63.0 Å². The first-order valence-electron chi connectivity index (χ1n) is 34.0. The molecule has 94 heavy (non-hydrogen) atoms. The summed E-state index contributed by atoms with van der Waals surface area (Å²) in [5, 5.41) is 32.3. The number of hydrogen-bond acceptors (Lipinski definition) is 15. The molecule has 0 aromatic rings. The highest BCUT2D eigenvalue weighted by Crippen LogP contribution is 2.28. The predicted molar refractivity (Wildman–Crippen MR) is 369 cm³/mol. The van der Waals surface area contributed by atoms with E-state index in [1.807, 2.05) is 74.4 Å². The summed E-state index contributed by atoms with van der Waals surface area (Å²) in [6.45, 7) is 30.0. The third-order valence-electron chi connectivity index (χ3n) is 17.6. The van der Waals surface area contributed by atoms with E-state index in [0.29, 0.717) is 18.7 Å². The van der Waals surface area contributed by atoms with Crippen molar-refractivity contribution in [1.29, 1.82) is 0 Å². The number of unbranched alkanes of at least 4 members (excludes halogenated alkanes) is 1. The second kappa shape index (κ2) is 39.6. The summed E-state index contributed by atoms with van der Waals surface area (Å²) < 4.78 is 0. The van der Waals surface area contributed by atoms with Gasteiger partial charge in [-0.3, -0.25) is 52.7 Å². The van der Waals surface area contributed by atoms with Crippen molar-refractivity contribution in [2.75, 3.05) is 75.7 Å². The number of aliphatic hydroxyl groups is 2. The van der Waals surface area contributed by atoms with Gasteiger partial charge in [0.1, 0.15) is 60.4 Å². The molecular formula is C68H126N12O13S. The first-order chi connectivity index (χ1) is 43.3. The molecule has 542 valence electrons. The fourth-order valence-electron chi connectivity index (χ4n) is 11.8. The van der Waals surface area contributed by atoms with Gasteiger partial charge in [0.25, 0.3) is 5.91 Å². The van der Waals surface area contributed by atoms with Gasteiger partial charge in [-0.2, -0.15) is 0 Å². The smallest absolute Gasteiger partial charge is 0.256 e. The quantitative estimate of drug-likeness (QED) is 0.0893. The summed E-state index contributed by atoms with van der Waals surface area (Å²) in [6.07, 6.45) is 1.87. The van der Waals surface area contributed by atoms with Crippen LogP contribution in [0.15, 0.2) is 0 Å². The molecule has 0 radical (unpaired) electrons. The monoisotopic (exact) mass is 1350 g/mol. The molecule has 0 bridgehead atoms. The molecule has 1 saturated heterocycles. The molecule has 11 amide bonds. The zero-order valence-electron chi connectivity index (χ0n) is 62.2. The van der Waals surface area contributed by atoms with Gasteiger partial charge in [-0.05, 0) is 122 Å². The van der Waals surface area contributed by atoms with Crippen molar-refractivity contribution >= 4 is 76.7 Å². The molecule has 25 nitrogen and oxygen atoms in total. The van der Waals surface area contributed by atoms with E-state index in [9.17, 15) is 34.2 Å². The summed E-state index contributed by atoms with van der Waals surface area (Å²) in [5.41, 5.74) is -1.57. The van der Waals surface area contributed by atoms with Crippen LogP contribution in [0.4, 0.5) is 0 Å². The Morgan fingerprint density at radius 3 is 1.40 bits per heavy atom. The number of aliphatic hydroxyl groups excluding tert-OH is 1. The van der Waals surface area contributed by atoms with Crippen LogP contribution in [-0.4, -0.2) is 268 Å². The zero-order chi connectivity index (χ0) is 72.9. The number of thioether (sulfide) groups is 1. The van der Waals surface area contributed by atoms with E-state index in [1.54, 1.807) is 34.6 Å². The van der Waals surface area contributed by atoms with Crippen molar-refractivity contribution in [2.45, 2.75) is 259 Å². The van der Waals surface area contributed by atoms with Crippen LogP contribution in [0.1, 0.15) is 182 Å². The first-order valence-corrected chi connectivity index (χ1v) is 35.1. The van der Waals surface area contributed by atoms with Crippen molar-refractivity contribution in [1.82, 2.24) is 60.5 Å². The Hall–Kier alpha value is -5.60. The molecule has 3 unspecified atom stereocenters. The van der Waals surface area contributed by atoms with Gasteiger partial charge in [-0.25, -0.2) is 0 Å². The van der Waals surface area contributed by atoms with Crippen molar-refractivity contribution in [3.05, 3.63) is 0 Å². The minimum Gasteiger partial charge on any atom is -0.393 e. The molecule has 0 aromatic heterocycles. The Bertz CT molecular complexity index is 2510. The molecule has 1 fully saturated rings. The topological polar surface area (TPSA) is 302 Å². The lowest BCUT2D eigenvalue weighted by Gasteiger charge is -2.41. The van der Waals surface area contributed by atoms with E-state index in [-0.39, 0.29) is 68.6 Å². The van der Waals surface area contributed by atoms with Crippen LogP contribution in [0.25, 0.3) is 0 Å². The van der Waals surface area contributed by atoms with E-state index < -0.39 is 154 Å². The summed E-state index contributed by atoms with van der Waals surface area (Å²) in [4.78, 5) is 175. The van der Waals surface area contributed by atoms with Gasteiger partial charge in [0.2, 0.25) is 59.1 Å². The van der Waals surface area contributed by atoms with Gasteiger partial charge in [0, 0.05) is 68.1 Å². The van der Waals surface area contributed by atoms with E-state index in [0.717, 1.165) is 29.5 Å². The normalized spacial score (nSPS) is 26.4. The molecular weight excluding hydrogens is 1220 g/mol. The van der Waals surface area contributed by atoms with Crippen LogP contribution in [-0.2, 0) is 52.7 Å². The molecule has 6 N–H and O–H groups in total. The number of amides is 11. The van der Waals surface area contributed by atoms with Gasteiger partial charge in [0.05, 0.1) is 11.7 Å². The maximum Gasteiger partial charge on any atom is 0.256 e. The molecule has 1 aliphatic heterocycles. The lowest BCUT2D eigenvalue weighted by atomic mass is 9.91. The largest absolute Gasteiger partial charge is 0.393 e. The van der Waals surface area contributed by atoms with Crippen molar-refractivity contribution in [3.8, 4) is 0 Å². The number of carbonyl (C=O) groups excluding carboxylic acids is 11. The Kier molecular flexibility index (Phi) is 36.4. The summed E-state index contributed by atoms with van der Waals surface area (Å²) >= 11 is 1.12. The highest BCUT2D eigenvalue weighted by atomic mass is 32.2. The maximum absolute atomic E-state index is 15.4. The van der Waals surface area contributed by atoms with Gasteiger partial charge in [-0.1, -0.05) is 103 Å². The molecule has 1 aliphatic rings. The maximum atomic E-state index is 15.4. The van der Waals surface area contributed by atoms with Crippen molar-refractivity contribution in [2.24, 2.45) is 35.5 Å². The molecule has 1 rings (SSSR count). The average molecular weight is 1350 g/mol. The number of carbonyl (C=O) groups is 11. The molecule has 0 saturated carbocycles. The zero-order valence-corrected chi connectivity index (χ0v) is 63.1. The number of nitrogens with zero attached hydrogens (tertiary/aromatic N) is 8. The fourth-order valence-corrected chi connectivity index (χ4v) is 13.2. The second-order valence-corrected chi connectivity index (χ2v) is 30.6. The van der Waals surface area contributed by atoms with Crippen LogP contribution in [0.2, 0.25) is 0 Å². The SMILES string of the molecule is CCCCC(O)C[C@@H](C)C[C@H]1C(=O)N[C@@H](CC)C(=O)N(C)[C@H](SCCN(C)C)C(=O)N(C)[C@@H](CC(C)(C)O)C(=O)NC(C(C)C)C(=O)N(C)[C@@H](CC(C)C)C(=O)N[C@@H](C)C(=O)N[C@H](C)C(=O)N(C)[C@@H](CC(C)C)C(=O)N(C)[C@@H](CC(C)C)C(=O)N(C)C(C(C)C)C(=O)N1C. The fraction of sp³-hybridized carbons (Fsp3) is 0.838. The highest BCUT2D eigenvalue weighted by Gasteiger charge is 2.46. The molecule has 1 heterocycles. The summed E-state index contributed by atoms with van der Waals surface area (Å²) in [7, 11) is 13.8. The lowest BCUT2D eigenvalue weighted by Crippen LogP contribution is -2.62. The number of hydrogen-bond donors (Lipinski definition) is 6. The molecule has 0 spiro atoms. The van der Waals surface area contributed by atoms with Crippen LogP contribution in [0.3, 0.4) is 0 Å². The van der Waals surface area contributed by atoms with Crippen LogP contribution in [0.5, 0.6) is 0 Å². The lowest BCUT2D eigenvalue weighted by molar-refractivity contribution is -0.156. The van der Waals surface area contributed by atoms with Gasteiger partial charge < -0.3 is 70.7 Å². The number of likely N-dealkylation sites (N-methyl/N-ethyl adjacent to an activating group) is 7. The molecule has 0 aliphatic carbocycles. The Morgan fingerprint density at radius 1 is 0.500 bits per heavy atom. The second-order valence-electron chi connectivity index (χ2n) is 29.4. The Labute approximate surface area is 568 Å². The third kappa shape index (κ3) is 26.1. The van der Waals surface area contributed by atoms with Gasteiger partial charge >= 0.3 is 0 Å². The van der Waals surface area contributed by atoms with E-state index in [1.165, 1.54) is 106 Å². The van der Waals surface area contributed by atoms with E-state index in [2.05, 4.69) is 21.3 Å². The third-order valence-corrected chi connectivity index (χ3v) is 18.9. The van der Waals surface area contributed by atoms with Crippen LogP contribution >= 0.6 is 11.8 Å². The minimum atomic E-state index is -1.57. The van der Waals surface area contributed by atoms with E-state index >= 15 is 28.8 Å². The first kappa shape index (κ1) is 86.4. The van der Waals surface area contributed by atoms with E-state index in [4.69, 9.17) is 0 Å². The van der Waals surface area contributed by atoms with Crippen molar-refractivity contribution in [3.63, 3.8) is 0 Å². The Morgan fingerprint density at radius 2 is 0.936 bits per heavy atom. The summed E-state index contributed by atoms with van der Waals surface area (Å²) in [6, 6.07) is -12.5. The van der Waals surface area contributed by atoms with Gasteiger partial charge in [-0.15, -0.1) is 11.8 Å². The van der Waals surface area contributed by atoms with Gasteiger partial charge in [0.15, 0.2) is 5.37 Å². The average Bonchev–Trinajstić information content (AvgIpc) is 0.817. The highest BCUT2D eigenvalue weighted by molar-refractivity contribution is 8.00. The molecule has 13 atom stereocenters. The minimum absolute atomic E-state index is 0.0244. The number of nitrogens with one attached hydrogen (secondary N) is 4. The predicted octanol–water partition coefficient (Wildman–Crippen LogP) is 4.01. The summed E-state index contributed by atoms with van der Waals surface area (Å²) in [5.74, 6) is -9.13. The number of rotatable bonds is 22. The molecule has 0 aromatic carbocycles. The van der Waals surface area contributed by atoms with Crippen LogP contribution < -0.4 is 21.3 Å². The standard InChI is InChI=1S/C68H126N12O13S/c1-27-29-30-47(81)36-44(13)37-50-58(84)71-48(28-2)61(87)80(26)67(94-32-31-73(18)19)66(92)78(24)53(38-68(16,17)93)59(85)72-54(42(9)10)64(90)74(20)49(33-39(3)4)57(83)69-45(14)56(82)70-46(15)60(86)76(22)51(34-40(5)6)62(88)77(23)52(35-41(7)8)63(89)79(25)55(43(11)12)65(91)75(50)21/h39-55,67,81,93H,27-38H2,1-26H3,(H,69,83)(H,70,82)(H,71,84)(H,72,85)/t44-,45+,46-,47?,48+,49+,50+,51+,52+,53+,54?,55?,67-/m1/s1.